The summed E-state index contributed by atoms with van der Waals surface area (Å²) in [7, 11) is 0. The van der Waals surface area contributed by atoms with Gasteiger partial charge in [0.2, 0.25) is 5.95 Å². The maximum Gasteiger partial charge on any atom is 0.229 e. The van der Waals surface area contributed by atoms with Gasteiger partial charge in [0, 0.05) is 17.8 Å². The molecule has 2 aromatic carbocycles. The molecule has 1 aromatic heterocycles. The smallest absolute Gasteiger partial charge is 0.229 e. The summed E-state index contributed by atoms with van der Waals surface area (Å²) in [5, 5.41) is 3.44. The van der Waals surface area contributed by atoms with E-state index < -0.39 is 0 Å². The van der Waals surface area contributed by atoms with Gasteiger partial charge in [-0.3, -0.25) is 0 Å². The fraction of sp³-hybridized carbons (Fsp3) is 0.333. The summed E-state index contributed by atoms with van der Waals surface area (Å²) < 4.78 is 0. The lowest BCUT2D eigenvalue weighted by Crippen LogP contribution is -2.35. The Morgan fingerprint density at radius 3 is 2.52 bits per heavy atom. The van der Waals surface area contributed by atoms with Gasteiger partial charge in [0.15, 0.2) is 0 Å². The van der Waals surface area contributed by atoms with Gasteiger partial charge in [-0.05, 0) is 56.4 Å². The standard InChI is InChI=1S/C24H28N4.ClH/c1-5-21-17(3)23(27-24(25-21)26-22-13-9-6-10-16(22)2)28-15-14-19-11-7-8-12-20(19)18(28)4;/h6-13,18H,5,14-15H2,1-4H3,(H,25,26,27);1H. The third-order valence-electron chi connectivity index (χ3n) is 5.81. The molecule has 1 unspecified atom stereocenters. The van der Waals surface area contributed by atoms with E-state index in [0.717, 1.165) is 36.6 Å². The van der Waals surface area contributed by atoms with Crippen LogP contribution >= 0.6 is 12.4 Å². The first kappa shape index (κ1) is 21.1. The third-order valence-corrected chi connectivity index (χ3v) is 5.81. The van der Waals surface area contributed by atoms with Crippen molar-refractivity contribution in [1.82, 2.24) is 9.97 Å². The zero-order chi connectivity index (χ0) is 19.7. The van der Waals surface area contributed by atoms with Crippen LogP contribution in [0.1, 0.15) is 47.8 Å². The zero-order valence-corrected chi connectivity index (χ0v) is 18.4. The Balaban J connectivity index is 0.00000240. The number of anilines is 3. The fourth-order valence-corrected chi connectivity index (χ4v) is 4.12. The van der Waals surface area contributed by atoms with Crippen LogP contribution in [0.15, 0.2) is 48.5 Å². The Labute approximate surface area is 179 Å². The molecule has 0 saturated carbocycles. The highest BCUT2D eigenvalue weighted by atomic mass is 35.5. The van der Waals surface area contributed by atoms with Crippen molar-refractivity contribution in [3.05, 3.63) is 76.5 Å². The number of aromatic nitrogens is 2. The third kappa shape index (κ3) is 4.08. The van der Waals surface area contributed by atoms with Crippen LogP contribution in [-0.2, 0) is 12.8 Å². The highest BCUT2D eigenvalue weighted by Gasteiger charge is 2.27. The molecule has 1 atom stereocenters. The molecule has 1 N–H and O–H groups in total. The fourth-order valence-electron chi connectivity index (χ4n) is 4.12. The number of nitrogens with zero attached hydrogens (tertiary/aromatic N) is 3. The molecule has 0 radical (unpaired) electrons. The SMILES string of the molecule is CCc1nc(Nc2ccccc2C)nc(N2CCc3ccccc3C2C)c1C.Cl. The Hall–Kier alpha value is -2.59. The van der Waals surface area contributed by atoms with Crippen LogP contribution in [0.25, 0.3) is 0 Å². The van der Waals surface area contributed by atoms with Crippen molar-refractivity contribution in [2.45, 2.75) is 46.6 Å². The molecule has 0 amide bonds. The summed E-state index contributed by atoms with van der Waals surface area (Å²) in [4.78, 5) is 12.2. The van der Waals surface area contributed by atoms with E-state index >= 15 is 0 Å². The molecule has 152 valence electrons. The van der Waals surface area contributed by atoms with Crippen molar-refractivity contribution in [1.29, 1.82) is 0 Å². The van der Waals surface area contributed by atoms with Crippen LogP contribution in [0, 0.1) is 13.8 Å². The Kier molecular flexibility index (Phi) is 6.43. The number of halogens is 1. The number of hydrogen-bond acceptors (Lipinski definition) is 4. The van der Waals surface area contributed by atoms with E-state index in [9.17, 15) is 0 Å². The van der Waals surface area contributed by atoms with Gasteiger partial charge in [0.1, 0.15) is 5.82 Å². The van der Waals surface area contributed by atoms with E-state index in [-0.39, 0.29) is 12.4 Å². The molecule has 0 aliphatic carbocycles. The van der Waals surface area contributed by atoms with Crippen molar-refractivity contribution in [2.24, 2.45) is 0 Å². The van der Waals surface area contributed by atoms with Crippen molar-refractivity contribution in [3.63, 3.8) is 0 Å². The molecular formula is C24H29ClN4. The highest BCUT2D eigenvalue weighted by Crippen LogP contribution is 2.35. The lowest BCUT2D eigenvalue weighted by atomic mass is 9.93. The second kappa shape index (κ2) is 8.83. The van der Waals surface area contributed by atoms with Crippen LogP contribution in [-0.4, -0.2) is 16.5 Å². The van der Waals surface area contributed by atoms with Crippen LogP contribution in [0.2, 0.25) is 0 Å². The van der Waals surface area contributed by atoms with E-state index in [2.05, 4.69) is 74.3 Å². The second-order valence-corrected chi connectivity index (χ2v) is 7.55. The topological polar surface area (TPSA) is 41.1 Å². The Morgan fingerprint density at radius 1 is 1.03 bits per heavy atom. The van der Waals surface area contributed by atoms with Crippen molar-refractivity contribution in [3.8, 4) is 0 Å². The molecular weight excluding hydrogens is 380 g/mol. The number of aryl methyl sites for hydroxylation is 2. The molecule has 3 aromatic rings. The number of nitrogens with one attached hydrogen (secondary N) is 1. The number of para-hydroxylation sites is 1. The van der Waals surface area contributed by atoms with Crippen molar-refractivity contribution >= 4 is 29.9 Å². The van der Waals surface area contributed by atoms with Gasteiger partial charge >= 0.3 is 0 Å². The number of benzene rings is 2. The molecule has 0 bridgehead atoms. The van der Waals surface area contributed by atoms with Crippen LogP contribution < -0.4 is 10.2 Å². The van der Waals surface area contributed by atoms with Crippen molar-refractivity contribution < 1.29 is 0 Å². The quantitative estimate of drug-likeness (QED) is 0.579. The second-order valence-electron chi connectivity index (χ2n) is 7.55. The molecule has 4 nitrogen and oxygen atoms in total. The lowest BCUT2D eigenvalue weighted by Gasteiger charge is -2.37. The van der Waals surface area contributed by atoms with E-state index in [1.165, 1.54) is 22.3 Å². The number of rotatable bonds is 4. The predicted molar refractivity (Wildman–Crippen MR) is 124 cm³/mol. The van der Waals surface area contributed by atoms with E-state index in [0.29, 0.717) is 12.0 Å². The van der Waals surface area contributed by atoms with Gasteiger partial charge in [-0.15, -0.1) is 12.4 Å². The van der Waals surface area contributed by atoms with E-state index in [1.54, 1.807) is 0 Å². The van der Waals surface area contributed by atoms with Gasteiger partial charge in [-0.25, -0.2) is 4.98 Å². The molecule has 1 aliphatic rings. The zero-order valence-electron chi connectivity index (χ0n) is 17.6. The van der Waals surface area contributed by atoms with E-state index in [4.69, 9.17) is 9.97 Å². The minimum Gasteiger partial charge on any atom is -0.349 e. The number of hydrogen-bond donors (Lipinski definition) is 1. The molecule has 0 saturated heterocycles. The molecule has 1 aliphatic heterocycles. The maximum absolute atomic E-state index is 4.97. The first-order valence-electron chi connectivity index (χ1n) is 10.1. The minimum absolute atomic E-state index is 0. The normalized spacial score (nSPS) is 15.4. The molecule has 2 heterocycles. The van der Waals surface area contributed by atoms with Gasteiger partial charge in [0.25, 0.3) is 0 Å². The molecule has 0 spiro atoms. The molecule has 4 rings (SSSR count). The van der Waals surface area contributed by atoms with Crippen LogP contribution in [0.4, 0.5) is 17.5 Å². The Bertz CT molecular complexity index is 1000. The van der Waals surface area contributed by atoms with E-state index in [1.807, 2.05) is 12.1 Å². The molecule has 5 heteroatoms. The summed E-state index contributed by atoms with van der Waals surface area (Å²) in [6.07, 6.45) is 1.94. The average molecular weight is 409 g/mol. The van der Waals surface area contributed by atoms with Crippen LogP contribution in [0.5, 0.6) is 0 Å². The van der Waals surface area contributed by atoms with Crippen molar-refractivity contribution in [2.75, 3.05) is 16.8 Å². The number of fused-ring (bicyclic) bond motifs is 1. The van der Waals surface area contributed by atoms with Gasteiger partial charge in [-0.2, -0.15) is 4.98 Å². The van der Waals surface area contributed by atoms with Gasteiger partial charge in [0.05, 0.1) is 11.7 Å². The summed E-state index contributed by atoms with van der Waals surface area (Å²) in [6.45, 7) is 9.66. The average Bonchev–Trinajstić information content (AvgIpc) is 2.71. The largest absolute Gasteiger partial charge is 0.349 e. The monoisotopic (exact) mass is 408 g/mol. The lowest BCUT2D eigenvalue weighted by molar-refractivity contribution is 0.614. The highest BCUT2D eigenvalue weighted by molar-refractivity contribution is 5.85. The summed E-state index contributed by atoms with van der Waals surface area (Å²) in [5.74, 6) is 1.72. The molecule has 0 fully saturated rings. The van der Waals surface area contributed by atoms with Gasteiger partial charge in [-0.1, -0.05) is 49.4 Å². The first-order chi connectivity index (χ1) is 13.6. The predicted octanol–water partition coefficient (Wildman–Crippen LogP) is 5.94. The summed E-state index contributed by atoms with van der Waals surface area (Å²) in [5.41, 5.74) is 7.38. The summed E-state index contributed by atoms with van der Waals surface area (Å²) in [6, 6.07) is 17.3. The van der Waals surface area contributed by atoms with Crippen LogP contribution in [0.3, 0.4) is 0 Å². The van der Waals surface area contributed by atoms with Gasteiger partial charge < -0.3 is 10.2 Å². The first-order valence-corrected chi connectivity index (χ1v) is 10.1. The maximum atomic E-state index is 4.97. The Morgan fingerprint density at radius 2 is 1.76 bits per heavy atom. The molecule has 29 heavy (non-hydrogen) atoms. The summed E-state index contributed by atoms with van der Waals surface area (Å²) >= 11 is 0. The minimum atomic E-state index is 0.